The predicted octanol–water partition coefficient (Wildman–Crippen LogP) is 3.59. The van der Waals surface area contributed by atoms with Crippen LogP contribution in [0.25, 0.3) is 0 Å². The number of hydrogen-bond acceptors (Lipinski definition) is 4. The lowest BCUT2D eigenvalue weighted by Crippen LogP contribution is -2.04. The molecule has 0 radical (unpaired) electrons. The Morgan fingerprint density at radius 3 is 2.83 bits per heavy atom. The Hall–Kier alpha value is -1.00. The van der Waals surface area contributed by atoms with Crippen molar-refractivity contribution in [3.63, 3.8) is 0 Å². The van der Waals surface area contributed by atoms with Gasteiger partial charge in [0.15, 0.2) is 5.16 Å². The minimum Gasteiger partial charge on any atom is -0.231 e. The second-order valence-electron chi connectivity index (χ2n) is 4.41. The summed E-state index contributed by atoms with van der Waals surface area (Å²) < 4.78 is 0. The van der Waals surface area contributed by atoms with Gasteiger partial charge < -0.3 is 0 Å². The third kappa shape index (κ3) is 2.70. The molecule has 1 aliphatic heterocycles. The molecule has 2 nitrogen and oxygen atoms in total. The smallest absolute Gasteiger partial charge is 0.187 e. The van der Waals surface area contributed by atoms with Gasteiger partial charge in [0.2, 0.25) is 0 Å². The number of rotatable bonds is 3. The molecule has 0 bridgehead atoms. The first-order valence-electron chi connectivity index (χ1n) is 5.97. The average Bonchev–Trinajstić information content (AvgIpc) is 2.81. The van der Waals surface area contributed by atoms with Crippen LogP contribution >= 0.6 is 23.5 Å². The fourth-order valence-corrected chi connectivity index (χ4v) is 4.24. The summed E-state index contributed by atoms with van der Waals surface area (Å²) in [6, 6.07) is 8.69. The van der Waals surface area contributed by atoms with Crippen LogP contribution in [0.3, 0.4) is 0 Å². The van der Waals surface area contributed by atoms with Gasteiger partial charge in [-0.3, -0.25) is 0 Å². The zero-order chi connectivity index (χ0) is 12.4. The normalized spacial score (nSPS) is 17.7. The molecule has 1 unspecified atom stereocenters. The maximum Gasteiger partial charge on any atom is 0.187 e. The minimum absolute atomic E-state index is 0.650. The molecule has 92 valence electrons. The topological polar surface area (TPSA) is 25.8 Å². The van der Waals surface area contributed by atoms with E-state index in [2.05, 4.69) is 34.2 Å². The molecular formula is C14H14N2S2. The van der Waals surface area contributed by atoms with Crippen LogP contribution in [-0.2, 0) is 6.42 Å². The van der Waals surface area contributed by atoms with Crippen molar-refractivity contribution in [2.75, 3.05) is 5.75 Å². The predicted molar refractivity (Wildman–Crippen MR) is 77.3 cm³/mol. The lowest BCUT2D eigenvalue weighted by molar-refractivity contribution is 0.932. The largest absolute Gasteiger partial charge is 0.231 e. The van der Waals surface area contributed by atoms with Crippen LogP contribution in [-0.4, -0.2) is 21.0 Å². The van der Waals surface area contributed by atoms with E-state index in [9.17, 15) is 0 Å². The summed E-state index contributed by atoms with van der Waals surface area (Å²) in [6.07, 6.45) is 4.93. The van der Waals surface area contributed by atoms with Gasteiger partial charge in [-0.1, -0.05) is 30.0 Å². The second kappa shape index (κ2) is 5.33. The second-order valence-corrected chi connectivity index (χ2v) is 6.74. The molecule has 0 spiro atoms. The van der Waals surface area contributed by atoms with Gasteiger partial charge in [0.05, 0.1) is 0 Å². The van der Waals surface area contributed by atoms with Crippen LogP contribution < -0.4 is 0 Å². The fraction of sp³-hybridized carbons (Fsp3) is 0.286. The maximum atomic E-state index is 4.33. The van der Waals surface area contributed by atoms with Gasteiger partial charge in [0, 0.05) is 28.3 Å². The molecular weight excluding hydrogens is 260 g/mol. The van der Waals surface area contributed by atoms with E-state index in [1.165, 1.54) is 16.9 Å². The molecule has 3 rings (SSSR count). The summed E-state index contributed by atoms with van der Waals surface area (Å²) in [7, 11) is 0. The van der Waals surface area contributed by atoms with Gasteiger partial charge in [0.25, 0.3) is 0 Å². The van der Waals surface area contributed by atoms with E-state index in [1.807, 2.05) is 31.1 Å². The summed E-state index contributed by atoms with van der Waals surface area (Å²) >= 11 is 3.74. The Morgan fingerprint density at radius 1 is 1.28 bits per heavy atom. The number of nitrogens with zero attached hydrogens (tertiary/aromatic N) is 2. The minimum atomic E-state index is 0.650. The lowest BCUT2D eigenvalue weighted by Gasteiger charge is -2.06. The molecule has 1 aromatic carbocycles. The molecule has 4 heteroatoms. The van der Waals surface area contributed by atoms with Crippen molar-refractivity contribution in [3.05, 3.63) is 47.8 Å². The van der Waals surface area contributed by atoms with Crippen molar-refractivity contribution in [2.45, 2.75) is 28.6 Å². The van der Waals surface area contributed by atoms with Crippen molar-refractivity contribution < 1.29 is 0 Å². The van der Waals surface area contributed by atoms with Crippen LogP contribution in [0.5, 0.6) is 0 Å². The highest BCUT2D eigenvalue weighted by Gasteiger charge is 2.21. The highest BCUT2D eigenvalue weighted by molar-refractivity contribution is 8.03. The van der Waals surface area contributed by atoms with Crippen molar-refractivity contribution in [1.82, 2.24) is 9.97 Å². The Balaban J connectivity index is 1.58. The summed E-state index contributed by atoms with van der Waals surface area (Å²) in [6.45, 7) is 2.01. The summed E-state index contributed by atoms with van der Waals surface area (Å²) in [4.78, 5) is 10.1. The number of thioether (sulfide) groups is 2. The van der Waals surface area contributed by atoms with E-state index in [4.69, 9.17) is 0 Å². The Bertz CT molecular complexity index is 515. The molecule has 2 heterocycles. The van der Waals surface area contributed by atoms with Crippen molar-refractivity contribution in [2.24, 2.45) is 0 Å². The number of benzene rings is 1. The first-order chi connectivity index (χ1) is 8.81. The molecule has 18 heavy (non-hydrogen) atoms. The van der Waals surface area contributed by atoms with Crippen LogP contribution in [0.1, 0.15) is 11.1 Å². The number of hydrogen-bond donors (Lipinski definition) is 0. The van der Waals surface area contributed by atoms with Gasteiger partial charge >= 0.3 is 0 Å². The Labute approximate surface area is 116 Å². The number of aromatic nitrogens is 2. The van der Waals surface area contributed by atoms with Crippen LogP contribution in [0, 0.1) is 6.92 Å². The highest BCUT2D eigenvalue weighted by atomic mass is 32.2. The molecule has 1 aromatic heterocycles. The highest BCUT2D eigenvalue weighted by Crippen LogP contribution is 2.38. The zero-order valence-corrected chi connectivity index (χ0v) is 11.8. The van der Waals surface area contributed by atoms with Crippen LogP contribution in [0.15, 0.2) is 46.7 Å². The molecule has 1 aliphatic rings. The fourth-order valence-electron chi connectivity index (χ4n) is 1.97. The first kappa shape index (κ1) is 12.1. The molecule has 1 atom stereocenters. The molecule has 0 saturated heterocycles. The van der Waals surface area contributed by atoms with Crippen LogP contribution in [0.4, 0.5) is 0 Å². The van der Waals surface area contributed by atoms with E-state index < -0.39 is 0 Å². The standard InChI is InChI=1S/C14H14N2S2/c1-10-7-15-14(16-8-10)17-9-12-6-11-4-2-3-5-13(11)18-12/h2-5,7-8,12H,6,9H2,1H3. The number of aryl methyl sites for hydroxylation is 1. The SMILES string of the molecule is Cc1cnc(SCC2Cc3ccccc3S2)nc1. The molecule has 0 amide bonds. The average molecular weight is 274 g/mol. The van der Waals surface area contributed by atoms with Gasteiger partial charge in [-0.15, -0.1) is 11.8 Å². The monoisotopic (exact) mass is 274 g/mol. The van der Waals surface area contributed by atoms with E-state index in [0.29, 0.717) is 5.25 Å². The van der Waals surface area contributed by atoms with Gasteiger partial charge in [-0.2, -0.15) is 0 Å². The Kier molecular flexibility index (Phi) is 3.57. The van der Waals surface area contributed by atoms with E-state index in [0.717, 1.165) is 16.5 Å². The Morgan fingerprint density at radius 2 is 2.06 bits per heavy atom. The lowest BCUT2D eigenvalue weighted by atomic mass is 10.1. The van der Waals surface area contributed by atoms with Crippen LogP contribution in [0.2, 0.25) is 0 Å². The summed E-state index contributed by atoms with van der Waals surface area (Å²) in [5.41, 5.74) is 2.60. The number of fused-ring (bicyclic) bond motifs is 1. The van der Waals surface area contributed by atoms with Gasteiger partial charge in [-0.05, 0) is 30.5 Å². The van der Waals surface area contributed by atoms with Gasteiger partial charge in [-0.25, -0.2) is 9.97 Å². The quantitative estimate of drug-likeness (QED) is 0.631. The summed E-state index contributed by atoms with van der Waals surface area (Å²) in [5.74, 6) is 1.07. The molecule has 0 saturated carbocycles. The molecule has 0 fully saturated rings. The third-order valence-corrected chi connectivity index (χ3v) is 5.44. The van der Waals surface area contributed by atoms with Crippen molar-refractivity contribution >= 4 is 23.5 Å². The van der Waals surface area contributed by atoms with Crippen molar-refractivity contribution in [3.8, 4) is 0 Å². The zero-order valence-electron chi connectivity index (χ0n) is 10.2. The van der Waals surface area contributed by atoms with E-state index >= 15 is 0 Å². The molecule has 0 N–H and O–H groups in total. The van der Waals surface area contributed by atoms with Crippen molar-refractivity contribution in [1.29, 1.82) is 0 Å². The van der Waals surface area contributed by atoms with Gasteiger partial charge in [0.1, 0.15) is 0 Å². The maximum absolute atomic E-state index is 4.33. The summed E-state index contributed by atoms with van der Waals surface area (Å²) in [5, 5.41) is 1.54. The van der Waals surface area contributed by atoms with E-state index in [1.54, 1.807) is 11.8 Å². The first-order valence-corrected chi connectivity index (χ1v) is 7.84. The molecule has 2 aromatic rings. The third-order valence-electron chi connectivity index (χ3n) is 2.87. The molecule has 0 aliphatic carbocycles. The van der Waals surface area contributed by atoms with E-state index in [-0.39, 0.29) is 0 Å².